The summed E-state index contributed by atoms with van der Waals surface area (Å²) in [7, 11) is 1.70. The maximum Gasteiger partial charge on any atom is 0.303 e. The zero-order chi connectivity index (χ0) is 19.2. The number of nitrogens with zero attached hydrogens (tertiary/aromatic N) is 5. The zero-order valence-electron chi connectivity index (χ0n) is 15.9. The molecule has 8 nitrogen and oxygen atoms in total. The molecule has 0 saturated heterocycles. The van der Waals surface area contributed by atoms with E-state index in [1.165, 1.54) is 11.1 Å². The third-order valence-corrected chi connectivity index (χ3v) is 4.62. The van der Waals surface area contributed by atoms with Gasteiger partial charge in [-0.05, 0) is 61.1 Å². The number of hydrogen-bond donors (Lipinski definition) is 1. The Labute approximate surface area is 158 Å². The van der Waals surface area contributed by atoms with Crippen molar-refractivity contribution in [2.75, 3.05) is 12.4 Å². The lowest BCUT2D eigenvalue weighted by atomic mass is 10.1. The average Bonchev–Trinajstić information content (AvgIpc) is 3.14. The number of methoxy groups -OCH3 is 1. The number of fused-ring (bicyclic) bond motifs is 1. The Hall–Kier alpha value is -2.74. The second kappa shape index (κ2) is 8.77. The molecule has 0 aliphatic carbocycles. The normalized spacial score (nSPS) is 16.6. The van der Waals surface area contributed by atoms with E-state index in [2.05, 4.69) is 62.8 Å². The lowest BCUT2D eigenvalue weighted by Gasteiger charge is -2.19. The molecule has 8 heteroatoms. The molecule has 0 fully saturated rings. The Morgan fingerprint density at radius 3 is 2.85 bits per heavy atom. The molecule has 1 unspecified atom stereocenters. The number of nitrogens with one attached hydrogen (secondary N) is 1. The van der Waals surface area contributed by atoms with Gasteiger partial charge in [0, 0.05) is 19.2 Å². The van der Waals surface area contributed by atoms with Crippen LogP contribution in [0.2, 0.25) is 0 Å². The minimum Gasteiger partial charge on any atom is -0.362 e. The van der Waals surface area contributed by atoms with Gasteiger partial charge in [0.25, 0.3) is 0 Å². The van der Waals surface area contributed by atoms with E-state index < -0.39 is 5.91 Å². The number of hydrogen-bond acceptors (Lipinski definition) is 7. The Kier molecular flexibility index (Phi) is 6.18. The van der Waals surface area contributed by atoms with Crippen LogP contribution >= 0.6 is 0 Å². The molecule has 0 bridgehead atoms. The van der Waals surface area contributed by atoms with Crippen molar-refractivity contribution in [3.63, 3.8) is 0 Å². The molecule has 0 aromatic heterocycles. The summed E-state index contributed by atoms with van der Waals surface area (Å²) >= 11 is 0. The highest BCUT2D eigenvalue weighted by Crippen LogP contribution is 2.19. The van der Waals surface area contributed by atoms with Crippen LogP contribution in [-0.4, -0.2) is 36.6 Å². The fraction of sp³-hybridized carbons (Fsp3) is 0.474. The molecule has 2 heterocycles. The van der Waals surface area contributed by atoms with Gasteiger partial charge in [-0.1, -0.05) is 13.0 Å². The van der Waals surface area contributed by atoms with Crippen LogP contribution in [0.4, 0.5) is 5.69 Å². The van der Waals surface area contributed by atoms with E-state index in [9.17, 15) is 4.79 Å². The maximum atomic E-state index is 11.8. The van der Waals surface area contributed by atoms with Crippen molar-refractivity contribution in [2.24, 2.45) is 25.4 Å². The average molecular weight is 368 g/mol. The second-order valence-electron chi connectivity index (χ2n) is 6.52. The molecule has 1 amide bonds. The second-order valence-corrected chi connectivity index (χ2v) is 6.52. The minimum absolute atomic E-state index is 0.0685. The Balaban J connectivity index is 1.47. The number of aryl methyl sites for hydroxylation is 2. The Bertz CT molecular complexity index is 841. The van der Waals surface area contributed by atoms with E-state index in [4.69, 9.17) is 4.74 Å². The van der Waals surface area contributed by atoms with Crippen LogP contribution < -0.4 is 5.32 Å². The number of amidine groups is 2. The first-order valence-electron chi connectivity index (χ1n) is 9.19. The van der Waals surface area contributed by atoms with Gasteiger partial charge in [0.1, 0.15) is 12.1 Å². The van der Waals surface area contributed by atoms with E-state index in [0.29, 0.717) is 12.3 Å². The highest BCUT2D eigenvalue weighted by atomic mass is 16.5. The Morgan fingerprint density at radius 2 is 2.07 bits per heavy atom. The fourth-order valence-corrected chi connectivity index (χ4v) is 3.03. The van der Waals surface area contributed by atoms with E-state index in [1.807, 2.05) is 0 Å². The van der Waals surface area contributed by atoms with Crippen molar-refractivity contribution in [2.45, 2.75) is 52.2 Å². The summed E-state index contributed by atoms with van der Waals surface area (Å²) in [5.74, 6) is 0.345. The zero-order valence-corrected chi connectivity index (χ0v) is 15.9. The van der Waals surface area contributed by atoms with Crippen LogP contribution in [0.25, 0.3) is 0 Å². The number of ether oxygens (including phenoxy) is 1. The molecule has 1 aromatic rings. The number of amides is 1. The summed E-state index contributed by atoms with van der Waals surface area (Å²) in [6.07, 6.45) is 4.16. The number of carbonyl (C=O) groups excluding carboxylic acids is 1. The minimum atomic E-state index is -0.414. The Morgan fingerprint density at radius 1 is 1.22 bits per heavy atom. The summed E-state index contributed by atoms with van der Waals surface area (Å²) in [5, 5.41) is 14.3. The molecule has 27 heavy (non-hydrogen) atoms. The summed E-state index contributed by atoms with van der Waals surface area (Å²) < 4.78 is 5.56. The summed E-state index contributed by atoms with van der Waals surface area (Å²) in [6, 6.07) is 6.38. The van der Waals surface area contributed by atoms with E-state index >= 15 is 0 Å². The largest absolute Gasteiger partial charge is 0.362 e. The number of anilines is 1. The summed E-state index contributed by atoms with van der Waals surface area (Å²) in [4.78, 5) is 20.0. The predicted molar refractivity (Wildman–Crippen MR) is 106 cm³/mol. The molecule has 142 valence electrons. The first-order valence-corrected chi connectivity index (χ1v) is 9.19. The SMILES string of the molecule is CCc1cc(NC(CCCCC2=NC(=O)C3=NN=NC3=N2)OC)ccc1C. The van der Waals surface area contributed by atoms with Crippen molar-refractivity contribution in [3.8, 4) is 0 Å². The van der Waals surface area contributed by atoms with Crippen LogP contribution in [0.3, 0.4) is 0 Å². The van der Waals surface area contributed by atoms with E-state index in [1.54, 1.807) is 7.11 Å². The standard InChI is InChI=1S/C19H24N6O2/c1-4-13-11-14(10-9-12(13)2)20-16(27-3)8-6-5-7-15-21-18-17(19(26)22-15)23-25-24-18/h9-11,16,20H,4-8H2,1-3H3. The van der Waals surface area contributed by atoms with Gasteiger partial charge in [0.05, 0.1) is 0 Å². The summed E-state index contributed by atoms with van der Waals surface area (Å²) in [6.45, 7) is 4.28. The van der Waals surface area contributed by atoms with Gasteiger partial charge in [-0.15, -0.1) is 10.2 Å². The van der Waals surface area contributed by atoms with Crippen molar-refractivity contribution in [3.05, 3.63) is 29.3 Å². The van der Waals surface area contributed by atoms with Crippen LogP contribution in [0, 0.1) is 6.92 Å². The summed E-state index contributed by atoms with van der Waals surface area (Å²) in [5.41, 5.74) is 3.83. The topological polar surface area (TPSA) is 100 Å². The molecule has 3 rings (SSSR count). The first kappa shape index (κ1) is 19.0. The molecule has 0 spiro atoms. The number of benzene rings is 1. The van der Waals surface area contributed by atoms with E-state index in [0.717, 1.165) is 31.4 Å². The van der Waals surface area contributed by atoms with Gasteiger partial charge in [-0.25, -0.2) is 4.99 Å². The van der Waals surface area contributed by atoms with Gasteiger partial charge in [-0.3, -0.25) is 4.79 Å². The number of rotatable bonds is 9. The fourth-order valence-electron chi connectivity index (χ4n) is 3.03. The van der Waals surface area contributed by atoms with Crippen molar-refractivity contribution < 1.29 is 9.53 Å². The van der Waals surface area contributed by atoms with Crippen LogP contribution in [0.1, 0.15) is 43.7 Å². The molecular formula is C19H24N6O2. The third-order valence-electron chi connectivity index (χ3n) is 4.62. The van der Waals surface area contributed by atoms with Gasteiger partial charge in [0.15, 0.2) is 0 Å². The molecule has 1 N–H and O–H groups in total. The van der Waals surface area contributed by atoms with Gasteiger partial charge < -0.3 is 10.1 Å². The highest BCUT2D eigenvalue weighted by Gasteiger charge is 2.27. The smallest absolute Gasteiger partial charge is 0.303 e. The quantitative estimate of drug-likeness (QED) is 0.531. The third kappa shape index (κ3) is 4.71. The van der Waals surface area contributed by atoms with Crippen molar-refractivity contribution in [1.29, 1.82) is 0 Å². The van der Waals surface area contributed by atoms with Gasteiger partial charge >= 0.3 is 5.91 Å². The van der Waals surface area contributed by atoms with Crippen molar-refractivity contribution in [1.82, 2.24) is 0 Å². The number of aliphatic imine (C=N–C) groups is 2. The number of unbranched alkanes of at least 4 members (excludes halogenated alkanes) is 1. The number of carbonyl (C=O) groups is 1. The lowest BCUT2D eigenvalue weighted by Crippen LogP contribution is -2.25. The van der Waals surface area contributed by atoms with Gasteiger partial charge in [0.2, 0.25) is 11.5 Å². The van der Waals surface area contributed by atoms with Crippen LogP contribution in [-0.2, 0) is 16.0 Å². The predicted octanol–water partition coefficient (Wildman–Crippen LogP) is 3.66. The van der Waals surface area contributed by atoms with Crippen molar-refractivity contribution >= 4 is 29.0 Å². The van der Waals surface area contributed by atoms with E-state index in [-0.39, 0.29) is 17.8 Å². The first-order chi connectivity index (χ1) is 13.1. The monoisotopic (exact) mass is 368 g/mol. The lowest BCUT2D eigenvalue weighted by molar-refractivity contribution is -0.111. The van der Waals surface area contributed by atoms with Crippen LogP contribution in [0.5, 0.6) is 0 Å². The maximum absolute atomic E-state index is 11.8. The van der Waals surface area contributed by atoms with Crippen LogP contribution in [0.15, 0.2) is 43.6 Å². The molecule has 0 saturated carbocycles. The molecule has 1 aromatic carbocycles. The molecule has 1 atom stereocenters. The molecular weight excluding hydrogens is 344 g/mol. The molecule has 2 aliphatic rings. The molecule has 0 radical (unpaired) electrons. The highest BCUT2D eigenvalue weighted by molar-refractivity contribution is 6.69. The van der Waals surface area contributed by atoms with Gasteiger partial charge in [-0.2, -0.15) is 4.99 Å². The molecule has 2 aliphatic heterocycles.